The van der Waals surface area contributed by atoms with Gasteiger partial charge < -0.3 is 19.9 Å². The van der Waals surface area contributed by atoms with Crippen molar-refractivity contribution in [2.24, 2.45) is 5.92 Å². The van der Waals surface area contributed by atoms with Crippen molar-refractivity contribution in [2.45, 2.75) is 65.2 Å². The molecule has 1 amide bonds. The van der Waals surface area contributed by atoms with Crippen LogP contribution in [0.2, 0.25) is 0 Å². The zero-order valence-corrected chi connectivity index (χ0v) is 26.7. The van der Waals surface area contributed by atoms with Crippen LogP contribution in [0.1, 0.15) is 66.6 Å². The van der Waals surface area contributed by atoms with Crippen LogP contribution < -0.4 is 10.9 Å². The zero-order valence-electron chi connectivity index (χ0n) is 26.7. The number of fused-ring (bicyclic) bond motifs is 1. The van der Waals surface area contributed by atoms with Gasteiger partial charge in [-0.05, 0) is 80.6 Å². The number of halogens is 3. The number of carbonyl (C=O) groups excluding carboxylic acids is 1. The van der Waals surface area contributed by atoms with Crippen molar-refractivity contribution in [1.82, 2.24) is 29.4 Å². The SMILES string of the molecule is Cc1cccc(C)c1-c1cc([C@H](CC(=O)O)NC(=O)[C@H](CC(C)C)n2cc(CCN(C)C)c(C(F)(F)F)cc2=O)cn2cnnc12. The monoisotopic (exact) mass is 640 g/mol. The number of aromatic nitrogens is 4. The van der Waals surface area contributed by atoms with E-state index in [0.717, 1.165) is 27.5 Å². The van der Waals surface area contributed by atoms with E-state index < -0.39 is 47.7 Å². The van der Waals surface area contributed by atoms with Gasteiger partial charge in [-0.15, -0.1) is 10.2 Å². The molecule has 46 heavy (non-hydrogen) atoms. The molecule has 0 spiro atoms. The van der Waals surface area contributed by atoms with Gasteiger partial charge in [0.15, 0.2) is 5.65 Å². The maximum absolute atomic E-state index is 14.0. The van der Waals surface area contributed by atoms with E-state index in [1.54, 1.807) is 35.7 Å². The molecular weight excluding hydrogens is 601 g/mol. The molecule has 2 N–H and O–H groups in total. The van der Waals surface area contributed by atoms with E-state index in [0.29, 0.717) is 22.8 Å². The summed E-state index contributed by atoms with van der Waals surface area (Å²) in [4.78, 5) is 41.0. The molecule has 1 aromatic carbocycles. The molecule has 4 aromatic rings. The van der Waals surface area contributed by atoms with Crippen LogP contribution in [0.4, 0.5) is 13.2 Å². The number of alkyl halides is 3. The van der Waals surface area contributed by atoms with E-state index in [4.69, 9.17) is 0 Å². The molecule has 3 heterocycles. The van der Waals surface area contributed by atoms with Crippen molar-refractivity contribution in [3.8, 4) is 11.1 Å². The van der Waals surface area contributed by atoms with Gasteiger partial charge in [0, 0.05) is 30.6 Å². The summed E-state index contributed by atoms with van der Waals surface area (Å²) in [5, 5.41) is 20.9. The summed E-state index contributed by atoms with van der Waals surface area (Å²) < 4.78 is 44.5. The lowest BCUT2D eigenvalue weighted by atomic mass is 9.93. The van der Waals surface area contributed by atoms with Crippen molar-refractivity contribution in [2.75, 3.05) is 20.6 Å². The standard InChI is InChI=1S/C33H39F3N6O4/c1-19(2)12-27(42-17-22(10-11-40(5)6)25(14-28(42)43)33(34,35)36)32(46)38-26(15-29(44)45)23-13-24(31-39-37-18-41(31)16-23)30-20(3)8-7-9-21(30)4/h7-9,13-14,16-19,26-27H,10-12,15H2,1-6H3,(H,38,46)(H,44,45)/t26-,27-/m0/s1. The molecule has 0 radical (unpaired) electrons. The number of nitrogens with one attached hydrogen (secondary N) is 1. The molecular formula is C33H39F3N6O4. The molecule has 0 aliphatic carbocycles. The molecule has 3 aromatic heterocycles. The number of pyridine rings is 2. The van der Waals surface area contributed by atoms with Gasteiger partial charge >= 0.3 is 12.1 Å². The van der Waals surface area contributed by atoms with Gasteiger partial charge in [0.1, 0.15) is 12.4 Å². The molecule has 0 aliphatic heterocycles. The van der Waals surface area contributed by atoms with Gasteiger partial charge in [-0.3, -0.25) is 18.8 Å². The number of benzene rings is 1. The number of rotatable bonds is 12. The lowest BCUT2D eigenvalue weighted by Crippen LogP contribution is -2.40. The third-order valence-electron chi connectivity index (χ3n) is 7.89. The topological polar surface area (TPSA) is 122 Å². The third kappa shape index (κ3) is 7.82. The van der Waals surface area contributed by atoms with Gasteiger partial charge in [0.25, 0.3) is 5.56 Å². The normalized spacial score (nSPS) is 13.4. The third-order valence-corrected chi connectivity index (χ3v) is 7.89. The smallest absolute Gasteiger partial charge is 0.416 e. The Morgan fingerprint density at radius 2 is 1.76 bits per heavy atom. The summed E-state index contributed by atoms with van der Waals surface area (Å²) in [7, 11) is 3.45. The first kappa shape index (κ1) is 34.4. The summed E-state index contributed by atoms with van der Waals surface area (Å²) in [6.07, 6.45) is -0.875. The quantitative estimate of drug-likeness (QED) is 0.218. The average Bonchev–Trinajstić information content (AvgIpc) is 3.43. The molecule has 246 valence electrons. The van der Waals surface area contributed by atoms with Crippen LogP contribution >= 0.6 is 0 Å². The number of nitrogens with zero attached hydrogens (tertiary/aromatic N) is 5. The van der Waals surface area contributed by atoms with E-state index >= 15 is 0 Å². The van der Waals surface area contributed by atoms with Crippen LogP contribution in [0, 0.1) is 19.8 Å². The maximum Gasteiger partial charge on any atom is 0.416 e. The van der Waals surface area contributed by atoms with Crippen LogP contribution in [0.25, 0.3) is 16.8 Å². The van der Waals surface area contributed by atoms with Gasteiger partial charge in [-0.2, -0.15) is 13.2 Å². The Morgan fingerprint density at radius 3 is 2.35 bits per heavy atom. The number of carboxylic acid groups (broad SMARTS) is 1. The lowest BCUT2D eigenvalue weighted by molar-refractivity contribution is -0.139. The molecule has 13 heteroatoms. The second-order valence-corrected chi connectivity index (χ2v) is 12.3. The highest BCUT2D eigenvalue weighted by Gasteiger charge is 2.36. The maximum atomic E-state index is 14.0. The molecule has 0 unspecified atom stereocenters. The van der Waals surface area contributed by atoms with E-state index in [9.17, 15) is 32.7 Å². The fourth-order valence-electron chi connectivity index (χ4n) is 5.70. The summed E-state index contributed by atoms with van der Waals surface area (Å²) in [6, 6.07) is 5.89. The fraction of sp³-hybridized carbons (Fsp3) is 0.424. The number of carbonyl (C=O) groups is 2. The first-order valence-electron chi connectivity index (χ1n) is 15.0. The van der Waals surface area contributed by atoms with Gasteiger partial charge in [0.2, 0.25) is 5.91 Å². The Kier molecular flexibility index (Phi) is 10.3. The average molecular weight is 641 g/mol. The summed E-state index contributed by atoms with van der Waals surface area (Å²) in [5.41, 5.74) is 2.38. The molecule has 0 saturated heterocycles. The van der Waals surface area contributed by atoms with Gasteiger partial charge in [-0.25, -0.2) is 0 Å². The zero-order chi connectivity index (χ0) is 33.9. The van der Waals surface area contributed by atoms with Crippen molar-refractivity contribution >= 4 is 17.5 Å². The van der Waals surface area contributed by atoms with Crippen LogP contribution in [-0.4, -0.2) is 61.7 Å². The largest absolute Gasteiger partial charge is 0.481 e. The minimum absolute atomic E-state index is 0.000167. The first-order valence-corrected chi connectivity index (χ1v) is 15.0. The number of likely N-dealkylation sites (N-methyl/N-ethyl adjacent to an activating group) is 1. The molecule has 0 fully saturated rings. The molecule has 2 atom stereocenters. The highest BCUT2D eigenvalue weighted by molar-refractivity contribution is 5.84. The number of amides is 1. The molecule has 10 nitrogen and oxygen atoms in total. The number of carboxylic acids is 1. The fourth-order valence-corrected chi connectivity index (χ4v) is 5.70. The number of hydrogen-bond donors (Lipinski definition) is 2. The summed E-state index contributed by atoms with van der Waals surface area (Å²) in [6.45, 7) is 7.84. The predicted molar refractivity (Wildman–Crippen MR) is 167 cm³/mol. The predicted octanol–water partition coefficient (Wildman–Crippen LogP) is 5.22. The van der Waals surface area contributed by atoms with E-state index in [-0.39, 0.29) is 30.9 Å². The Balaban J connectivity index is 1.81. The number of aliphatic carboxylic acids is 1. The Morgan fingerprint density at radius 1 is 1.09 bits per heavy atom. The van der Waals surface area contributed by atoms with Crippen molar-refractivity contribution < 1.29 is 27.9 Å². The summed E-state index contributed by atoms with van der Waals surface area (Å²) in [5.74, 6) is -1.99. The number of hydrogen-bond acceptors (Lipinski definition) is 6. The summed E-state index contributed by atoms with van der Waals surface area (Å²) >= 11 is 0. The molecule has 4 rings (SSSR count). The second kappa shape index (κ2) is 13.9. The second-order valence-electron chi connectivity index (χ2n) is 12.3. The van der Waals surface area contributed by atoms with Crippen LogP contribution in [-0.2, 0) is 22.2 Å². The van der Waals surface area contributed by atoms with Gasteiger partial charge in [-0.1, -0.05) is 32.0 Å². The molecule has 0 aliphatic rings. The van der Waals surface area contributed by atoms with Crippen LogP contribution in [0.5, 0.6) is 0 Å². The highest BCUT2D eigenvalue weighted by Crippen LogP contribution is 2.34. The Labute approximate surface area is 264 Å². The minimum atomic E-state index is -4.75. The minimum Gasteiger partial charge on any atom is -0.481 e. The van der Waals surface area contributed by atoms with E-state index in [1.807, 2.05) is 45.9 Å². The van der Waals surface area contributed by atoms with Crippen molar-refractivity contribution in [3.63, 3.8) is 0 Å². The Bertz CT molecular complexity index is 1770. The van der Waals surface area contributed by atoms with Crippen molar-refractivity contribution in [1.29, 1.82) is 0 Å². The molecule has 0 bridgehead atoms. The number of aryl methyl sites for hydroxylation is 2. The lowest BCUT2D eigenvalue weighted by Gasteiger charge is -2.26. The van der Waals surface area contributed by atoms with Gasteiger partial charge in [0.05, 0.1) is 18.0 Å². The first-order chi connectivity index (χ1) is 21.6. The van der Waals surface area contributed by atoms with Crippen LogP contribution in [0.3, 0.4) is 0 Å². The van der Waals surface area contributed by atoms with E-state index in [2.05, 4.69) is 15.5 Å². The van der Waals surface area contributed by atoms with Crippen LogP contribution in [0.15, 0.2) is 53.8 Å². The highest BCUT2D eigenvalue weighted by atomic mass is 19.4. The Hall–Kier alpha value is -4.52. The van der Waals surface area contributed by atoms with E-state index in [1.165, 1.54) is 6.33 Å². The van der Waals surface area contributed by atoms with Crippen molar-refractivity contribution in [3.05, 3.63) is 87.2 Å². The molecule has 0 saturated carbocycles.